The van der Waals surface area contributed by atoms with Gasteiger partial charge >= 0.3 is 0 Å². The Balaban J connectivity index is 1.77. The topological polar surface area (TPSA) is 12.0 Å². The van der Waals surface area contributed by atoms with Crippen LogP contribution in [0.3, 0.4) is 0 Å². The molecule has 1 fully saturated rings. The van der Waals surface area contributed by atoms with Gasteiger partial charge in [-0.1, -0.05) is 12.1 Å². The molecule has 0 radical (unpaired) electrons. The monoisotopic (exact) mass is 295 g/mol. The van der Waals surface area contributed by atoms with Crippen molar-refractivity contribution in [1.29, 1.82) is 0 Å². The van der Waals surface area contributed by atoms with Crippen molar-refractivity contribution in [2.24, 2.45) is 0 Å². The van der Waals surface area contributed by atoms with E-state index in [0.717, 1.165) is 0 Å². The van der Waals surface area contributed by atoms with Crippen LogP contribution in [0.4, 0.5) is 0 Å². The zero-order chi connectivity index (χ0) is 12.2. The Kier molecular flexibility index (Phi) is 4.41. The first-order chi connectivity index (χ1) is 8.93. The third-order valence-electron chi connectivity index (χ3n) is 3.28. The average molecular weight is 295 g/mol. The molecule has 0 saturated carbocycles. The molecule has 1 aliphatic heterocycles. The molecule has 1 aliphatic rings. The number of thiophene rings is 2. The normalized spacial score (nSPS) is 17.4. The van der Waals surface area contributed by atoms with E-state index in [1.165, 1.54) is 34.1 Å². The lowest BCUT2D eigenvalue weighted by molar-refractivity contribution is 0.452. The van der Waals surface area contributed by atoms with Crippen LogP contribution in [0.2, 0.25) is 0 Å². The van der Waals surface area contributed by atoms with Crippen molar-refractivity contribution in [2.75, 3.05) is 11.5 Å². The molecule has 3 heterocycles. The molecule has 4 heteroatoms. The molecule has 0 spiro atoms. The molecular weight excluding hydrogens is 278 g/mol. The highest BCUT2D eigenvalue weighted by atomic mass is 32.2. The molecule has 0 bridgehead atoms. The van der Waals surface area contributed by atoms with Crippen molar-refractivity contribution in [3.05, 3.63) is 44.8 Å². The molecule has 0 aliphatic carbocycles. The Labute approximate surface area is 121 Å². The third kappa shape index (κ3) is 2.99. The lowest BCUT2D eigenvalue weighted by Gasteiger charge is -2.27. The highest BCUT2D eigenvalue weighted by Gasteiger charge is 2.21. The van der Waals surface area contributed by atoms with E-state index in [0.29, 0.717) is 12.1 Å². The average Bonchev–Trinajstić information content (AvgIpc) is 3.11. The van der Waals surface area contributed by atoms with E-state index in [4.69, 9.17) is 0 Å². The van der Waals surface area contributed by atoms with Gasteiger partial charge in [-0.05, 0) is 47.2 Å². The second kappa shape index (κ2) is 6.24. The fourth-order valence-electron chi connectivity index (χ4n) is 2.32. The van der Waals surface area contributed by atoms with Crippen molar-refractivity contribution >= 4 is 34.4 Å². The van der Waals surface area contributed by atoms with Crippen LogP contribution in [-0.4, -0.2) is 17.5 Å². The third-order valence-corrected chi connectivity index (χ3v) is 6.20. The van der Waals surface area contributed by atoms with E-state index in [1.807, 2.05) is 22.7 Å². The standard InChI is InChI=1S/C14H17NS3/c1-3-12(17-7-1)14(13-4-2-8-18-13)15-11-5-9-16-10-6-11/h1-4,7-8,11,14-15H,5-6,9-10H2. The summed E-state index contributed by atoms with van der Waals surface area (Å²) in [5, 5.41) is 8.22. The van der Waals surface area contributed by atoms with Crippen molar-refractivity contribution in [2.45, 2.75) is 24.9 Å². The summed E-state index contributed by atoms with van der Waals surface area (Å²) in [4.78, 5) is 2.88. The zero-order valence-corrected chi connectivity index (χ0v) is 12.6. The predicted octanol–water partition coefficient (Wildman–Crippen LogP) is 4.38. The molecule has 2 aromatic rings. The zero-order valence-electron chi connectivity index (χ0n) is 10.2. The van der Waals surface area contributed by atoms with E-state index in [2.05, 4.69) is 52.1 Å². The van der Waals surface area contributed by atoms with Gasteiger partial charge in [0.05, 0.1) is 6.04 Å². The summed E-state index contributed by atoms with van der Waals surface area (Å²) in [5.41, 5.74) is 0. The molecule has 3 rings (SSSR count). The van der Waals surface area contributed by atoms with Gasteiger partial charge in [0.25, 0.3) is 0 Å². The van der Waals surface area contributed by atoms with Crippen LogP contribution in [0.1, 0.15) is 28.6 Å². The smallest absolute Gasteiger partial charge is 0.0767 e. The lowest BCUT2D eigenvalue weighted by Crippen LogP contribution is -2.35. The fourth-order valence-corrected chi connectivity index (χ4v) is 5.10. The van der Waals surface area contributed by atoms with Crippen molar-refractivity contribution in [3.63, 3.8) is 0 Å². The van der Waals surface area contributed by atoms with E-state index in [-0.39, 0.29) is 0 Å². The minimum Gasteiger partial charge on any atom is -0.302 e. The first kappa shape index (κ1) is 12.7. The molecule has 0 unspecified atom stereocenters. The molecule has 1 nitrogen and oxygen atoms in total. The van der Waals surface area contributed by atoms with Gasteiger partial charge in [-0.2, -0.15) is 11.8 Å². The van der Waals surface area contributed by atoms with E-state index >= 15 is 0 Å². The second-order valence-corrected chi connectivity index (χ2v) is 7.70. The maximum absolute atomic E-state index is 3.87. The first-order valence-electron chi connectivity index (χ1n) is 6.34. The molecule has 0 aromatic carbocycles. The molecule has 0 amide bonds. The van der Waals surface area contributed by atoms with Crippen LogP contribution in [0.15, 0.2) is 35.0 Å². The van der Waals surface area contributed by atoms with Gasteiger partial charge < -0.3 is 5.32 Å². The Morgan fingerprint density at radius 2 is 1.61 bits per heavy atom. The molecule has 1 N–H and O–H groups in total. The Morgan fingerprint density at radius 1 is 1.00 bits per heavy atom. The SMILES string of the molecule is c1csc(C(NC2CCSCC2)c2cccs2)c1. The largest absolute Gasteiger partial charge is 0.302 e. The van der Waals surface area contributed by atoms with Gasteiger partial charge in [0.15, 0.2) is 0 Å². The quantitative estimate of drug-likeness (QED) is 0.898. The van der Waals surface area contributed by atoms with E-state index in [1.54, 1.807) is 0 Å². The number of hydrogen-bond donors (Lipinski definition) is 1. The summed E-state index contributed by atoms with van der Waals surface area (Å²) >= 11 is 5.80. The molecule has 96 valence electrons. The number of hydrogen-bond acceptors (Lipinski definition) is 4. The minimum absolute atomic E-state index is 0.401. The predicted molar refractivity (Wildman–Crippen MR) is 84.0 cm³/mol. The highest BCUT2D eigenvalue weighted by molar-refractivity contribution is 7.99. The summed E-state index contributed by atoms with van der Waals surface area (Å²) in [6, 6.07) is 9.88. The van der Waals surface area contributed by atoms with Crippen LogP contribution < -0.4 is 5.32 Å². The summed E-state index contributed by atoms with van der Waals surface area (Å²) in [7, 11) is 0. The summed E-state index contributed by atoms with van der Waals surface area (Å²) in [6.07, 6.45) is 2.61. The fraction of sp³-hybridized carbons (Fsp3) is 0.429. The van der Waals surface area contributed by atoms with Crippen LogP contribution in [-0.2, 0) is 0 Å². The number of nitrogens with one attached hydrogen (secondary N) is 1. The van der Waals surface area contributed by atoms with Crippen LogP contribution in [0.25, 0.3) is 0 Å². The molecular formula is C14H17NS3. The summed E-state index contributed by atoms with van der Waals surface area (Å²) in [6.45, 7) is 0. The Morgan fingerprint density at radius 3 is 2.11 bits per heavy atom. The second-order valence-electron chi connectivity index (χ2n) is 4.52. The summed E-state index contributed by atoms with van der Waals surface area (Å²) < 4.78 is 0. The van der Waals surface area contributed by atoms with Gasteiger partial charge in [-0.25, -0.2) is 0 Å². The first-order valence-corrected chi connectivity index (χ1v) is 9.25. The van der Waals surface area contributed by atoms with Crippen LogP contribution >= 0.6 is 34.4 Å². The molecule has 2 aromatic heterocycles. The number of thioether (sulfide) groups is 1. The lowest BCUT2D eigenvalue weighted by atomic mass is 10.1. The molecule has 0 atom stereocenters. The van der Waals surface area contributed by atoms with Crippen molar-refractivity contribution in [1.82, 2.24) is 5.32 Å². The van der Waals surface area contributed by atoms with Crippen LogP contribution in [0, 0.1) is 0 Å². The number of rotatable bonds is 4. The molecule has 1 saturated heterocycles. The van der Waals surface area contributed by atoms with E-state index < -0.39 is 0 Å². The van der Waals surface area contributed by atoms with Gasteiger partial charge in [-0.3, -0.25) is 0 Å². The van der Waals surface area contributed by atoms with Gasteiger partial charge in [0.1, 0.15) is 0 Å². The van der Waals surface area contributed by atoms with Gasteiger partial charge in [0, 0.05) is 15.8 Å². The Hall–Kier alpha value is -0.290. The van der Waals surface area contributed by atoms with Gasteiger partial charge in [-0.15, -0.1) is 22.7 Å². The molecule has 18 heavy (non-hydrogen) atoms. The maximum Gasteiger partial charge on any atom is 0.0767 e. The maximum atomic E-state index is 3.87. The minimum atomic E-state index is 0.401. The highest BCUT2D eigenvalue weighted by Crippen LogP contribution is 2.31. The van der Waals surface area contributed by atoms with Gasteiger partial charge in [0.2, 0.25) is 0 Å². The van der Waals surface area contributed by atoms with Crippen molar-refractivity contribution < 1.29 is 0 Å². The van der Waals surface area contributed by atoms with E-state index in [9.17, 15) is 0 Å². The van der Waals surface area contributed by atoms with Crippen LogP contribution in [0.5, 0.6) is 0 Å². The van der Waals surface area contributed by atoms with Crippen molar-refractivity contribution in [3.8, 4) is 0 Å². The summed E-state index contributed by atoms with van der Waals surface area (Å²) in [5.74, 6) is 2.61. The Bertz CT molecular complexity index is 409.